The Labute approximate surface area is 211 Å². The lowest BCUT2D eigenvalue weighted by molar-refractivity contribution is -0.143. The van der Waals surface area contributed by atoms with Crippen LogP contribution in [0.2, 0.25) is 0 Å². The lowest BCUT2D eigenvalue weighted by Gasteiger charge is -2.40. The Morgan fingerprint density at radius 3 is 2.34 bits per heavy atom. The van der Waals surface area contributed by atoms with Gasteiger partial charge in [0, 0.05) is 72.5 Å². The SMILES string of the molecule is CO[C@@H]1CN(C(C)=O)C[C@@H](CC(C)C)N(C(=O)CN2CCN(C)CC2)CCCCOC[C@@H](O)[C@H]1O. The number of hydrogen-bond donors (Lipinski definition) is 2. The van der Waals surface area contributed by atoms with Crippen LogP contribution in [0.15, 0.2) is 0 Å². The van der Waals surface area contributed by atoms with E-state index in [2.05, 4.69) is 30.7 Å². The number of rotatable bonds is 5. The molecule has 10 nitrogen and oxygen atoms in total. The molecule has 0 aromatic heterocycles. The third-order valence-electron chi connectivity index (χ3n) is 7.04. The number of hydrogen-bond acceptors (Lipinski definition) is 8. The molecule has 0 aromatic carbocycles. The molecule has 0 spiro atoms. The molecule has 4 atom stereocenters. The molecular weight excluding hydrogens is 452 g/mol. The molecular formula is C25H48N4O6. The van der Waals surface area contributed by atoms with Gasteiger partial charge >= 0.3 is 0 Å². The van der Waals surface area contributed by atoms with Crippen LogP contribution in [0.3, 0.4) is 0 Å². The summed E-state index contributed by atoms with van der Waals surface area (Å²) in [6.07, 6.45) is -0.803. The standard InChI is InChI=1S/C25H48N4O6/c1-19(2)14-21-15-28(20(3)30)16-23(34-5)25(33)22(31)18-35-13-7-6-8-29(21)24(32)17-27-11-9-26(4)10-12-27/h19,21-23,25,31,33H,6-18H2,1-5H3/t21-,22-,23-,25-/m1/s1. The van der Waals surface area contributed by atoms with Crippen LogP contribution in [0.1, 0.15) is 40.0 Å². The minimum Gasteiger partial charge on any atom is -0.388 e. The van der Waals surface area contributed by atoms with Crippen LogP contribution in [-0.4, -0.2) is 146 Å². The Morgan fingerprint density at radius 2 is 1.74 bits per heavy atom. The van der Waals surface area contributed by atoms with Gasteiger partial charge in [0.1, 0.15) is 18.3 Å². The molecule has 2 aliphatic heterocycles. The zero-order valence-electron chi connectivity index (χ0n) is 22.4. The van der Waals surface area contributed by atoms with Crippen LogP contribution in [0.4, 0.5) is 0 Å². The summed E-state index contributed by atoms with van der Waals surface area (Å²) in [6, 6.07) is -0.151. The molecule has 0 saturated carbocycles. The largest absolute Gasteiger partial charge is 0.388 e. The average Bonchev–Trinajstić information content (AvgIpc) is 2.80. The van der Waals surface area contributed by atoms with Crippen molar-refractivity contribution in [3.63, 3.8) is 0 Å². The summed E-state index contributed by atoms with van der Waals surface area (Å²) in [5.41, 5.74) is 0. The van der Waals surface area contributed by atoms with Crippen molar-refractivity contribution in [2.24, 2.45) is 5.92 Å². The van der Waals surface area contributed by atoms with Gasteiger partial charge in [-0.25, -0.2) is 0 Å². The number of aliphatic hydroxyl groups is 2. The van der Waals surface area contributed by atoms with Crippen molar-refractivity contribution in [3.8, 4) is 0 Å². The fourth-order valence-corrected chi connectivity index (χ4v) is 4.81. The Balaban J connectivity index is 2.27. The van der Waals surface area contributed by atoms with Crippen LogP contribution in [0, 0.1) is 5.92 Å². The van der Waals surface area contributed by atoms with Gasteiger partial charge in [-0.2, -0.15) is 0 Å². The first-order chi connectivity index (χ1) is 16.6. The lowest BCUT2D eigenvalue weighted by Crippen LogP contribution is -2.55. The number of carbonyl (C=O) groups excluding carboxylic acids is 2. The summed E-state index contributed by atoms with van der Waals surface area (Å²) in [5.74, 6) is 0.272. The van der Waals surface area contributed by atoms with Crippen LogP contribution in [0.25, 0.3) is 0 Å². The Bertz CT molecular complexity index is 643. The third-order valence-corrected chi connectivity index (χ3v) is 7.04. The van der Waals surface area contributed by atoms with Gasteiger partial charge in [-0.3, -0.25) is 14.5 Å². The number of carbonyl (C=O) groups is 2. The monoisotopic (exact) mass is 500 g/mol. The number of piperazine rings is 1. The number of ether oxygens (including phenoxy) is 2. The second kappa shape index (κ2) is 15.1. The first-order valence-corrected chi connectivity index (χ1v) is 13.0. The van der Waals surface area contributed by atoms with Crippen LogP contribution in [0.5, 0.6) is 0 Å². The molecule has 2 rings (SSSR count). The van der Waals surface area contributed by atoms with Crippen molar-refractivity contribution in [1.82, 2.24) is 19.6 Å². The summed E-state index contributed by atoms with van der Waals surface area (Å²) in [5, 5.41) is 21.0. The van der Waals surface area contributed by atoms with Crippen molar-refractivity contribution < 1.29 is 29.3 Å². The van der Waals surface area contributed by atoms with Gasteiger partial charge in [0.15, 0.2) is 0 Å². The normalized spacial score (nSPS) is 29.3. The van der Waals surface area contributed by atoms with Crippen molar-refractivity contribution in [2.45, 2.75) is 64.4 Å². The number of methoxy groups -OCH3 is 1. The summed E-state index contributed by atoms with van der Waals surface area (Å²) < 4.78 is 11.0. The topological polar surface area (TPSA) is 106 Å². The van der Waals surface area contributed by atoms with E-state index < -0.39 is 18.3 Å². The highest BCUT2D eigenvalue weighted by Crippen LogP contribution is 2.18. The second-order valence-electron chi connectivity index (χ2n) is 10.5. The van der Waals surface area contributed by atoms with Gasteiger partial charge in [-0.05, 0) is 32.2 Å². The van der Waals surface area contributed by atoms with Crippen LogP contribution in [-0.2, 0) is 19.1 Å². The Hall–Kier alpha value is -1.30. The van der Waals surface area contributed by atoms with E-state index in [1.54, 1.807) is 4.90 Å². The average molecular weight is 501 g/mol. The summed E-state index contributed by atoms with van der Waals surface area (Å²) in [4.78, 5) is 34.3. The first kappa shape index (κ1) is 29.9. The molecule has 0 aromatic rings. The second-order valence-corrected chi connectivity index (χ2v) is 10.5. The zero-order chi connectivity index (χ0) is 26.0. The predicted molar refractivity (Wildman–Crippen MR) is 134 cm³/mol. The van der Waals surface area contributed by atoms with E-state index in [-0.39, 0.29) is 31.0 Å². The van der Waals surface area contributed by atoms with Crippen molar-refractivity contribution in [3.05, 3.63) is 0 Å². The molecule has 2 saturated heterocycles. The summed E-state index contributed by atoms with van der Waals surface area (Å²) >= 11 is 0. The van der Waals surface area contributed by atoms with Gasteiger partial charge in [0.25, 0.3) is 0 Å². The smallest absolute Gasteiger partial charge is 0.237 e. The molecule has 0 unspecified atom stereocenters. The molecule has 2 fully saturated rings. The maximum absolute atomic E-state index is 13.6. The van der Waals surface area contributed by atoms with E-state index in [4.69, 9.17) is 9.47 Å². The number of aliphatic hydroxyl groups excluding tert-OH is 2. The van der Waals surface area contributed by atoms with E-state index in [1.165, 1.54) is 14.0 Å². The number of likely N-dealkylation sites (N-methyl/N-ethyl adjacent to an activating group) is 1. The van der Waals surface area contributed by atoms with E-state index in [1.807, 2.05) is 4.90 Å². The zero-order valence-corrected chi connectivity index (χ0v) is 22.4. The van der Waals surface area contributed by atoms with E-state index in [0.29, 0.717) is 32.2 Å². The van der Waals surface area contributed by atoms with Gasteiger partial charge in [0.2, 0.25) is 11.8 Å². The molecule has 2 aliphatic rings. The lowest BCUT2D eigenvalue weighted by atomic mass is 10.00. The fourth-order valence-electron chi connectivity index (χ4n) is 4.81. The fraction of sp³-hybridized carbons (Fsp3) is 0.920. The van der Waals surface area contributed by atoms with E-state index >= 15 is 0 Å². The van der Waals surface area contributed by atoms with Gasteiger partial charge in [0.05, 0.1) is 13.2 Å². The first-order valence-electron chi connectivity index (χ1n) is 13.0. The summed E-state index contributed by atoms with van der Waals surface area (Å²) in [6.45, 7) is 11.3. The molecule has 2 N–H and O–H groups in total. The molecule has 2 amide bonds. The molecule has 0 bridgehead atoms. The molecule has 35 heavy (non-hydrogen) atoms. The van der Waals surface area contributed by atoms with Gasteiger partial charge in [-0.1, -0.05) is 13.8 Å². The Kier molecular flexibility index (Phi) is 12.9. The van der Waals surface area contributed by atoms with Gasteiger partial charge in [-0.15, -0.1) is 0 Å². The Morgan fingerprint density at radius 1 is 1.06 bits per heavy atom. The minimum atomic E-state index is -1.19. The van der Waals surface area contributed by atoms with Crippen molar-refractivity contribution in [2.75, 3.05) is 79.7 Å². The van der Waals surface area contributed by atoms with Crippen molar-refractivity contribution >= 4 is 11.8 Å². The van der Waals surface area contributed by atoms with Crippen molar-refractivity contribution in [1.29, 1.82) is 0 Å². The third kappa shape index (κ3) is 9.93. The van der Waals surface area contributed by atoms with Crippen LogP contribution < -0.4 is 0 Å². The maximum atomic E-state index is 13.6. The molecule has 0 radical (unpaired) electrons. The van der Waals surface area contributed by atoms with E-state index in [0.717, 1.165) is 45.4 Å². The highest BCUT2D eigenvalue weighted by molar-refractivity contribution is 5.79. The number of amides is 2. The highest BCUT2D eigenvalue weighted by Gasteiger charge is 2.33. The van der Waals surface area contributed by atoms with Gasteiger partial charge < -0.3 is 34.4 Å². The quantitative estimate of drug-likeness (QED) is 0.538. The van der Waals surface area contributed by atoms with E-state index in [9.17, 15) is 19.8 Å². The maximum Gasteiger partial charge on any atom is 0.237 e. The van der Waals surface area contributed by atoms with Crippen LogP contribution >= 0.6 is 0 Å². The number of nitrogens with zero attached hydrogens (tertiary/aromatic N) is 4. The predicted octanol–water partition coefficient (Wildman–Crippen LogP) is -0.127. The molecule has 0 aliphatic carbocycles. The molecule has 10 heteroatoms. The summed E-state index contributed by atoms with van der Waals surface area (Å²) in [7, 11) is 3.56. The molecule has 204 valence electrons. The highest BCUT2D eigenvalue weighted by atomic mass is 16.5. The molecule has 2 heterocycles. The minimum absolute atomic E-state index is 0.0108.